The van der Waals surface area contributed by atoms with Crippen LogP contribution < -0.4 is 10.2 Å². The first-order valence-electron chi connectivity index (χ1n) is 8.43. The molecule has 26 heavy (non-hydrogen) atoms. The summed E-state index contributed by atoms with van der Waals surface area (Å²) in [6.45, 7) is 2.96. The van der Waals surface area contributed by atoms with Gasteiger partial charge in [-0.25, -0.2) is 0 Å². The Morgan fingerprint density at radius 1 is 1.15 bits per heavy atom. The van der Waals surface area contributed by atoms with E-state index in [-0.39, 0.29) is 17.9 Å². The second kappa shape index (κ2) is 7.82. The highest BCUT2D eigenvalue weighted by molar-refractivity contribution is 5.81. The summed E-state index contributed by atoms with van der Waals surface area (Å²) in [6.07, 6.45) is 1.25. The molecule has 0 bridgehead atoms. The number of nitrogens with zero attached hydrogens (tertiary/aromatic N) is 3. The van der Waals surface area contributed by atoms with Gasteiger partial charge in [0.25, 0.3) is 0 Å². The van der Waals surface area contributed by atoms with E-state index in [4.69, 9.17) is 4.74 Å². The van der Waals surface area contributed by atoms with Crippen LogP contribution in [0, 0.1) is 6.92 Å². The Bertz CT molecular complexity index is 964. The van der Waals surface area contributed by atoms with Gasteiger partial charge in [-0.15, -0.1) is 0 Å². The molecule has 3 rings (SSSR count). The smallest absolute Gasteiger partial charge is 0.244 e. The van der Waals surface area contributed by atoms with Crippen molar-refractivity contribution in [2.24, 2.45) is 0 Å². The van der Waals surface area contributed by atoms with Crippen molar-refractivity contribution in [2.45, 2.75) is 13.5 Å². The minimum atomic E-state index is -0.149. The molecule has 0 atom stereocenters. The monoisotopic (exact) mass is 351 g/mol. The minimum Gasteiger partial charge on any atom is -0.492 e. The maximum absolute atomic E-state index is 12.5. The second-order valence-corrected chi connectivity index (χ2v) is 6.16. The van der Waals surface area contributed by atoms with Crippen molar-refractivity contribution < 1.29 is 9.53 Å². The molecule has 0 fully saturated rings. The number of benzene rings is 2. The van der Waals surface area contributed by atoms with Gasteiger partial charge in [-0.3, -0.25) is 14.3 Å². The first-order valence-corrected chi connectivity index (χ1v) is 8.43. The third kappa shape index (κ3) is 4.08. The average molecular weight is 351 g/mol. The van der Waals surface area contributed by atoms with Gasteiger partial charge in [0.1, 0.15) is 18.9 Å². The van der Waals surface area contributed by atoms with E-state index < -0.39 is 0 Å². The molecule has 0 radical (unpaired) electrons. The lowest BCUT2D eigenvalue weighted by Crippen LogP contribution is -2.34. The summed E-state index contributed by atoms with van der Waals surface area (Å²) in [5.41, 5.74) is 1.67. The molecule has 0 aliphatic carbocycles. The molecule has 0 aliphatic heterocycles. The highest BCUT2D eigenvalue weighted by Crippen LogP contribution is 2.11. The number of rotatable bonds is 6. The Balaban J connectivity index is 1.60. The molecule has 0 unspecified atom stereocenters. The summed E-state index contributed by atoms with van der Waals surface area (Å²) < 4.78 is 7.21. The van der Waals surface area contributed by atoms with Crippen molar-refractivity contribution in [3.8, 4) is 5.75 Å². The van der Waals surface area contributed by atoms with Crippen molar-refractivity contribution >= 4 is 16.8 Å². The maximum Gasteiger partial charge on any atom is 0.244 e. The van der Waals surface area contributed by atoms with Crippen LogP contribution in [0.4, 0.5) is 0 Å². The number of para-hydroxylation sites is 1. The average Bonchev–Trinajstić information content (AvgIpc) is 2.65. The topological polar surface area (TPSA) is 64.4 Å². The summed E-state index contributed by atoms with van der Waals surface area (Å²) in [6, 6.07) is 14.9. The number of aryl methyl sites for hydroxylation is 1. The lowest BCUT2D eigenvalue weighted by molar-refractivity contribution is -0.131. The highest BCUT2D eigenvalue weighted by Gasteiger charge is 2.12. The number of hydrogen-bond donors (Lipinski definition) is 0. The Morgan fingerprint density at radius 3 is 2.65 bits per heavy atom. The Morgan fingerprint density at radius 2 is 1.88 bits per heavy atom. The molecule has 0 saturated heterocycles. The highest BCUT2D eigenvalue weighted by atomic mass is 16.5. The number of hydrogen-bond acceptors (Lipinski definition) is 4. The zero-order chi connectivity index (χ0) is 18.5. The number of fused-ring (bicyclic) bond motifs is 1. The zero-order valence-corrected chi connectivity index (χ0v) is 14.9. The van der Waals surface area contributed by atoms with E-state index in [0.717, 1.165) is 5.75 Å². The maximum atomic E-state index is 12.5. The fourth-order valence-corrected chi connectivity index (χ4v) is 2.60. The molecular formula is C20H21N3O3. The molecule has 1 aromatic heterocycles. The van der Waals surface area contributed by atoms with E-state index in [1.807, 2.05) is 37.3 Å². The van der Waals surface area contributed by atoms with Crippen LogP contribution in [0.25, 0.3) is 10.9 Å². The summed E-state index contributed by atoms with van der Waals surface area (Å²) in [5, 5.41) is 4.65. The molecule has 3 aromatic rings. The Hall–Kier alpha value is -3.15. The normalized spacial score (nSPS) is 10.7. The Kier molecular flexibility index (Phi) is 5.31. The number of amides is 1. The van der Waals surface area contributed by atoms with Gasteiger partial charge in [-0.05, 0) is 31.2 Å². The molecule has 134 valence electrons. The predicted molar refractivity (Wildman–Crippen MR) is 100 cm³/mol. The van der Waals surface area contributed by atoms with Crippen molar-refractivity contribution in [1.29, 1.82) is 0 Å². The first kappa shape index (κ1) is 17.7. The largest absolute Gasteiger partial charge is 0.492 e. The van der Waals surface area contributed by atoms with Gasteiger partial charge in [0.15, 0.2) is 0 Å². The number of aromatic nitrogens is 2. The SMILES string of the molecule is Cc1ccc(OCCN(C)C(=O)Cn2ncc(=O)c3ccccc32)cc1. The van der Waals surface area contributed by atoms with E-state index in [1.165, 1.54) is 11.8 Å². The lowest BCUT2D eigenvalue weighted by Gasteiger charge is -2.18. The molecule has 0 aliphatic rings. The predicted octanol–water partition coefficient (Wildman–Crippen LogP) is 2.24. The van der Waals surface area contributed by atoms with Crippen LogP contribution in [0.3, 0.4) is 0 Å². The molecule has 0 spiro atoms. The van der Waals surface area contributed by atoms with Crippen LogP contribution in [-0.4, -0.2) is 40.8 Å². The van der Waals surface area contributed by atoms with E-state index >= 15 is 0 Å². The summed E-state index contributed by atoms with van der Waals surface area (Å²) in [4.78, 5) is 25.9. The van der Waals surface area contributed by atoms with Gasteiger partial charge in [0.05, 0.1) is 18.3 Å². The van der Waals surface area contributed by atoms with Crippen LogP contribution in [0.5, 0.6) is 5.75 Å². The van der Waals surface area contributed by atoms with Gasteiger partial charge in [-0.2, -0.15) is 5.10 Å². The van der Waals surface area contributed by atoms with Crippen molar-refractivity contribution in [1.82, 2.24) is 14.7 Å². The fraction of sp³-hybridized carbons (Fsp3) is 0.250. The number of likely N-dealkylation sites (N-methyl/N-ethyl adjacent to an activating group) is 1. The van der Waals surface area contributed by atoms with E-state index in [9.17, 15) is 9.59 Å². The Labute approximate surface area is 151 Å². The van der Waals surface area contributed by atoms with Gasteiger partial charge >= 0.3 is 0 Å². The zero-order valence-electron chi connectivity index (χ0n) is 14.9. The second-order valence-electron chi connectivity index (χ2n) is 6.16. The molecule has 1 amide bonds. The van der Waals surface area contributed by atoms with Gasteiger partial charge in [-0.1, -0.05) is 29.8 Å². The van der Waals surface area contributed by atoms with Crippen molar-refractivity contribution in [3.05, 3.63) is 70.5 Å². The fourth-order valence-electron chi connectivity index (χ4n) is 2.60. The van der Waals surface area contributed by atoms with Crippen LogP contribution in [0.2, 0.25) is 0 Å². The van der Waals surface area contributed by atoms with Gasteiger partial charge in [0, 0.05) is 12.4 Å². The van der Waals surface area contributed by atoms with Crippen LogP contribution in [-0.2, 0) is 11.3 Å². The molecular weight excluding hydrogens is 330 g/mol. The van der Waals surface area contributed by atoms with Crippen LogP contribution in [0.1, 0.15) is 5.56 Å². The number of ether oxygens (including phenoxy) is 1. The van der Waals surface area contributed by atoms with Gasteiger partial charge in [0.2, 0.25) is 11.3 Å². The number of carbonyl (C=O) groups excluding carboxylic acids is 1. The molecule has 0 N–H and O–H groups in total. The van der Waals surface area contributed by atoms with Crippen LogP contribution >= 0.6 is 0 Å². The van der Waals surface area contributed by atoms with E-state index in [2.05, 4.69) is 5.10 Å². The molecule has 6 heteroatoms. The summed E-state index contributed by atoms with van der Waals surface area (Å²) in [5.74, 6) is 0.684. The summed E-state index contributed by atoms with van der Waals surface area (Å²) >= 11 is 0. The molecule has 0 saturated carbocycles. The van der Waals surface area contributed by atoms with E-state index in [0.29, 0.717) is 24.1 Å². The third-order valence-electron chi connectivity index (χ3n) is 4.19. The third-order valence-corrected chi connectivity index (χ3v) is 4.19. The standard InChI is InChI=1S/C20H21N3O3/c1-15-7-9-16(10-8-15)26-12-11-22(2)20(25)14-23-18-6-4-3-5-17(18)19(24)13-21-23/h3-10,13H,11-12,14H2,1-2H3. The summed E-state index contributed by atoms with van der Waals surface area (Å²) in [7, 11) is 1.73. The number of carbonyl (C=O) groups is 1. The van der Waals surface area contributed by atoms with Gasteiger partial charge < -0.3 is 9.64 Å². The van der Waals surface area contributed by atoms with Crippen molar-refractivity contribution in [2.75, 3.05) is 20.2 Å². The quantitative estimate of drug-likeness (QED) is 0.683. The van der Waals surface area contributed by atoms with Crippen LogP contribution in [0.15, 0.2) is 59.5 Å². The molecule has 6 nitrogen and oxygen atoms in total. The molecule has 2 aromatic carbocycles. The first-order chi connectivity index (χ1) is 12.5. The lowest BCUT2D eigenvalue weighted by atomic mass is 10.2. The molecule has 1 heterocycles. The van der Waals surface area contributed by atoms with E-state index in [1.54, 1.807) is 34.8 Å². The minimum absolute atomic E-state index is 0.0713. The van der Waals surface area contributed by atoms with Crippen molar-refractivity contribution in [3.63, 3.8) is 0 Å².